The van der Waals surface area contributed by atoms with Crippen LogP contribution in [0.4, 0.5) is 0 Å². The summed E-state index contributed by atoms with van der Waals surface area (Å²) < 4.78 is 5.33. The minimum atomic E-state index is -0.177. The molecule has 1 aromatic heterocycles. The lowest BCUT2D eigenvalue weighted by Gasteiger charge is -2.36. The number of aromatic nitrogens is 1. The fourth-order valence-corrected chi connectivity index (χ4v) is 2.05. The Kier molecular flexibility index (Phi) is 4.10. The summed E-state index contributed by atoms with van der Waals surface area (Å²) in [6.45, 7) is 4.33. The summed E-state index contributed by atoms with van der Waals surface area (Å²) in [5.74, 6) is 0. The van der Waals surface area contributed by atoms with Crippen molar-refractivity contribution in [3.8, 4) is 0 Å². The molecule has 0 aliphatic carbocycles. The highest BCUT2D eigenvalue weighted by Gasteiger charge is 2.31. The van der Waals surface area contributed by atoms with Gasteiger partial charge in [0.05, 0.1) is 6.61 Å². The molecule has 2 rings (SSSR count). The number of nitrogens with zero attached hydrogens (tertiary/aromatic N) is 1. The second kappa shape index (κ2) is 5.58. The van der Waals surface area contributed by atoms with E-state index in [4.69, 9.17) is 4.74 Å². The highest BCUT2D eigenvalue weighted by atomic mass is 16.5. The number of ether oxygens (including phenoxy) is 1. The molecule has 1 aliphatic rings. The van der Waals surface area contributed by atoms with Gasteiger partial charge in [-0.2, -0.15) is 0 Å². The molecule has 1 aliphatic heterocycles. The van der Waals surface area contributed by atoms with Gasteiger partial charge in [0, 0.05) is 37.2 Å². The number of pyridine rings is 1. The predicted octanol–water partition coefficient (Wildman–Crippen LogP) is 1.02. The fourth-order valence-electron chi connectivity index (χ4n) is 2.05. The molecular weight excluding hydrogens is 216 g/mol. The standard InChI is InChI=1S/C13H20N2O2/c1-11-2-3-12(8-14-11)9-15-13(10-16)4-6-17-7-5-13/h2-3,8,15-16H,4-7,9-10H2,1H3. The Morgan fingerprint density at radius 2 is 2.18 bits per heavy atom. The Morgan fingerprint density at radius 1 is 1.41 bits per heavy atom. The summed E-state index contributed by atoms with van der Waals surface area (Å²) in [5, 5.41) is 13.0. The second-order valence-corrected chi connectivity index (χ2v) is 4.71. The van der Waals surface area contributed by atoms with Gasteiger partial charge in [0.15, 0.2) is 0 Å². The van der Waals surface area contributed by atoms with Crippen molar-refractivity contribution in [1.29, 1.82) is 0 Å². The Bertz CT molecular complexity index is 345. The lowest BCUT2D eigenvalue weighted by atomic mass is 9.91. The molecule has 0 atom stereocenters. The van der Waals surface area contributed by atoms with Crippen molar-refractivity contribution in [2.75, 3.05) is 19.8 Å². The predicted molar refractivity (Wildman–Crippen MR) is 65.7 cm³/mol. The van der Waals surface area contributed by atoms with E-state index in [0.717, 1.165) is 43.9 Å². The fraction of sp³-hybridized carbons (Fsp3) is 0.615. The summed E-state index contributed by atoms with van der Waals surface area (Å²) in [5.41, 5.74) is 2.00. The Hall–Kier alpha value is -0.970. The zero-order chi connectivity index (χ0) is 12.1. The number of hydrogen-bond donors (Lipinski definition) is 2. The van der Waals surface area contributed by atoms with E-state index < -0.39 is 0 Å². The Labute approximate surface area is 102 Å². The number of rotatable bonds is 4. The molecule has 0 amide bonds. The second-order valence-electron chi connectivity index (χ2n) is 4.71. The van der Waals surface area contributed by atoms with Crippen molar-refractivity contribution >= 4 is 0 Å². The van der Waals surface area contributed by atoms with E-state index in [-0.39, 0.29) is 12.1 Å². The first-order valence-corrected chi connectivity index (χ1v) is 6.09. The average Bonchev–Trinajstić information content (AvgIpc) is 2.39. The van der Waals surface area contributed by atoms with Gasteiger partial charge in [-0.3, -0.25) is 4.98 Å². The van der Waals surface area contributed by atoms with E-state index in [1.165, 1.54) is 0 Å². The van der Waals surface area contributed by atoms with Gasteiger partial charge in [-0.1, -0.05) is 6.07 Å². The van der Waals surface area contributed by atoms with Crippen molar-refractivity contribution < 1.29 is 9.84 Å². The largest absolute Gasteiger partial charge is 0.394 e. The maximum atomic E-state index is 9.53. The monoisotopic (exact) mass is 236 g/mol. The molecule has 4 nitrogen and oxygen atoms in total. The third-order valence-corrected chi connectivity index (χ3v) is 3.39. The lowest BCUT2D eigenvalue weighted by molar-refractivity contribution is 0.0111. The average molecular weight is 236 g/mol. The van der Waals surface area contributed by atoms with Crippen LogP contribution in [0, 0.1) is 6.92 Å². The number of aliphatic hydroxyl groups excluding tert-OH is 1. The van der Waals surface area contributed by atoms with Crippen LogP contribution in [-0.4, -0.2) is 35.5 Å². The molecule has 1 aromatic rings. The van der Waals surface area contributed by atoms with Gasteiger partial charge in [0.1, 0.15) is 0 Å². The van der Waals surface area contributed by atoms with Gasteiger partial charge in [-0.05, 0) is 31.4 Å². The van der Waals surface area contributed by atoms with Crippen molar-refractivity contribution in [3.63, 3.8) is 0 Å². The normalized spacial score (nSPS) is 19.2. The molecule has 0 bridgehead atoms. The van der Waals surface area contributed by atoms with E-state index in [1.54, 1.807) is 0 Å². The molecule has 2 N–H and O–H groups in total. The first kappa shape index (κ1) is 12.5. The molecule has 94 valence electrons. The molecule has 17 heavy (non-hydrogen) atoms. The Balaban J connectivity index is 1.93. The van der Waals surface area contributed by atoms with E-state index in [2.05, 4.69) is 16.4 Å². The molecule has 0 spiro atoms. The van der Waals surface area contributed by atoms with Crippen LogP contribution in [0.25, 0.3) is 0 Å². The zero-order valence-electron chi connectivity index (χ0n) is 10.3. The van der Waals surface area contributed by atoms with E-state index in [1.807, 2.05) is 19.2 Å². The van der Waals surface area contributed by atoms with Crippen LogP contribution in [-0.2, 0) is 11.3 Å². The third kappa shape index (κ3) is 3.25. The van der Waals surface area contributed by atoms with Gasteiger partial charge < -0.3 is 15.2 Å². The Morgan fingerprint density at radius 3 is 2.76 bits per heavy atom. The van der Waals surface area contributed by atoms with E-state index in [9.17, 15) is 5.11 Å². The summed E-state index contributed by atoms with van der Waals surface area (Å²) in [6.07, 6.45) is 3.61. The number of aliphatic hydroxyl groups is 1. The minimum Gasteiger partial charge on any atom is -0.394 e. The molecule has 0 unspecified atom stereocenters. The number of nitrogens with one attached hydrogen (secondary N) is 1. The molecule has 0 saturated carbocycles. The summed E-state index contributed by atoms with van der Waals surface area (Å²) >= 11 is 0. The van der Waals surface area contributed by atoms with Crippen LogP contribution >= 0.6 is 0 Å². The molecule has 1 fully saturated rings. The first-order valence-electron chi connectivity index (χ1n) is 6.09. The smallest absolute Gasteiger partial charge is 0.0615 e. The summed E-state index contributed by atoms with van der Waals surface area (Å²) in [6, 6.07) is 4.08. The minimum absolute atomic E-state index is 0.162. The van der Waals surface area contributed by atoms with Gasteiger partial charge in [-0.25, -0.2) is 0 Å². The van der Waals surface area contributed by atoms with Gasteiger partial charge in [0.2, 0.25) is 0 Å². The van der Waals surface area contributed by atoms with Gasteiger partial charge >= 0.3 is 0 Å². The van der Waals surface area contributed by atoms with E-state index >= 15 is 0 Å². The summed E-state index contributed by atoms with van der Waals surface area (Å²) in [4.78, 5) is 4.26. The third-order valence-electron chi connectivity index (χ3n) is 3.39. The van der Waals surface area contributed by atoms with Crippen LogP contribution in [0.3, 0.4) is 0 Å². The van der Waals surface area contributed by atoms with Crippen LogP contribution in [0.15, 0.2) is 18.3 Å². The highest BCUT2D eigenvalue weighted by Crippen LogP contribution is 2.20. The zero-order valence-corrected chi connectivity index (χ0v) is 10.3. The quantitative estimate of drug-likeness (QED) is 0.819. The maximum absolute atomic E-state index is 9.53. The number of aryl methyl sites for hydroxylation is 1. The van der Waals surface area contributed by atoms with Crippen molar-refractivity contribution in [3.05, 3.63) is 29.6 Å². The van der Waals surface area contributed by atoms with E-state index in [0.29, 0.717) is 0 Å². The van der Waals surface area contributed by atoms with Gasteiger partial charge in [-0.15, -0.1) is 0 Å². The van der Waals surface area contributed by atoms with Gasteiger partial charge in [0.25, 0.3) is 0 Å². The van der Waals surface area contributed by atoms with Crippen LogP contribution in [0.2, 0.25) is 0 Å². The van der Waals surface area contributed by atoms with Crippen LogP contribution < -0.4 is 5.32 Å². The molecule has 2 heterocycles. The molecule has 4 heteroatoms. The van der Waals surface area contributed by atoms with Crippen molar-refractivity contribution in [1.82, 2.24) is 10.3 Å². The van der Waals surface area contributed by atoms with Crippen molar-refractivity contribution in [2.24, 2.45) is 0 Å². The molecule has 0 radical (unpaired) electrons. The van der Waals surface area contributed by atoms with Crippen molar-refractivity contribution in [2.45, 2.75) is 31.8 Å². The first-order chi connectivity index (χ1) is 8.24. The molecule has 0 aromatic carbocycles. The number of hydrogen-bond acceptors (Lipinski definition) is 4. The molecule has 1 saturated heterocycles. The summed E-state index contributed by atoms with van der Waals surface area (Å²) in [7, 11) is 0. The lowest BCUT2D eigenvalue weighted by Crippen LogP contribution is -2.51. The highest BCUT2D eigenvalue weighted by molar-refractivity contribution is 5.13. The topological polar surface area (TPSA) is 54.4 Å². The van der Waals surface area contributed by atoms with Crippen LogP contribution in [0.5, 0.6) is 0 Å². The van der Waals surface area contributed by atoms with Crippen LogP contribution in [0.1, 0.15) is 24.1 Å². The molecular formula is C13H20N2O2. The SMILES string of the molecule is Cc1ccc(CNC2(CO)CCOCC2)cn1. The maximum Gasteiger partial charge on any atom is 0.0615 e.